The first-order valence-corrected chi connectivity index (χ1v) is 4.38. The first-order chi connectivity index (χ1) is 6.56. The molecule has 0 radical (unpaired) electrons. The molecule has 0 aliphatic rings. The predicted octanol–water partition coefficient (Wildman–Crippen LogP) is 0.524. The largest absolute Gasteiger partial charge is 0.383 e. The molecular formula is C9H14N4O. The van der Waals surface area contributed by atoms with Crippen molar-refractivity contribution in [3.05, 3.63) is 21.7 Å². The van der Waals surface area contributed by atoms with Gasteiger partial charge in [-0.3, -0.25) is 4.99 Å². The van der Waals surface area contributed by atoms with Crippen LogP contribution in [0.1, 0.15) is 31.0 Å². The first kappa shape index (κ1) is 10.4. The van der Waals surface area contributed by atoms with Crippen molar-refractivity contribution in [2.24, 2.45) is 4.99 Å². The van der Waals surface area contributed by atoms with E-state index < -0.39 is 5.69 Å². The molecule has 14 heavy (non-hydrogen) atoms. The third kappa shape index (κ3) is 1.99. The maximum atomic E-state index is 11.1. The SMILES string of the molecule is CN=Cc1c(N)nc(=O)[nH]c1C(C)C. The lowest BCUT2D eigenvalue weighted by atomic mass is 10.1. The highest BCUT2D eigenvalue weighted by Crippen LogP contribution is 2.16. The zero-order valence-corrected chi connectivity index (χ0v) is 8.53. The van der Waals surface area contributed by atoms with Gasteiger partial charge in [0.1, 0.15) is 5.82 Å². The van der Waals surface area contributed by atoms with E-state index in [1.807, 2.05) is 13.8 Å². The number of nitrogens with zero attached hydrogens (tertiary/aromatic N) is 2. The molecule has 0 aliphatic carbocycles. The van der Waals surface area contributed by atoms with Gasteiger partial charge in [0.15, 0.2) is 0 Å². The number of aliphatic imine (C=N–C) groups is 1. The van der Waals surface area contributed by atoms with Gasteiger partial charge in [0.05, 0.1) is 5.56 Å². The van der Waals surface area contributed by atoms with Gasteiger partial charge in [-0.1, -0.05) is 13.8 Å². The van der Waals surface area contributed by atoms with Crippen LogP contribution in [-0.2, 0) is 0 Å². The van der Waals surface area contributed by atoms with Crippen molar-refractivity contribution in [1.82, 2.24) is 9.97 Å². The van der Waals surface area contributed by atoms with Crippen molar-refractivity contribution in [3.63, 3.8) is 0 Å². The minimum absolute atomic E-state index is 0.181. The van der Waals surface area contributed by atoms with Crippen molar-refractivity contribution in [3.8, 4) is 0 Å². The Morgan fingerprint density at radius 1 is 1.57 bits per heavy atom. The number of aromatic amines is 1. The van der Waals surface area contributed by atoms with E-state index in [9.17, 15) is 4.79 Å². The molecule has 0 atom stereocenters. The van der Waals surface area contributed by atoms with Crippen molar-refractivity contribution < 1.29 is 0 Å². The summed E-state index contributed by atoms with van der Waals surface area (Å²) in [6.45, 7) is 3.94. The monoisotopic (exact) mass is 194 g/mol. The Balaban J connectivity index is 3.44. The second kappa shape index (κ2) is 4.04. The molecule has 0 aromatic carbocycles. The number of rotatable bonds is 2. The van der Waals surface area contributed by atoms with Crippen LogP contribution >= 0.6 is 0 Å². The molecule has 76 valence electrons. The van der Waals surface area contributed by atoms with Crippen molar-refractivity contribution in [2.45, 2.75) is 19.8 Å². The molecule has 0 spiro atoms. The van der Waals surface area contributed by atoms with E-state index in [4.69, 9.17) is 5.73 Å². The quantitative estimate of drug-likeness (QED) is 0.673. The van der Waals surface area contributed by atoms with E-state index >= 15 is 0 Å². The average Bonchev–Trinajstić information content (AvgIpc) is 2.09. The van der Waals surface area contributed by atoms with Crippen molar-refractivity contribution in [1.29, 1.82) is 0 Å². The Kier molecular flexibility index (Phi) is 3.01. The summed E-state index contributed by atoms with van der Waals surface area (Å²) in [4.78, 5) is 21.2. The van der Waals surface area contributed by atoms with Gasteiger partial charge in [-0.25, -0.2) is 4.79 Å². The molecule has 0 fully saturated rings. The average molecular weight is 194 g/mol. The topological polar surface area (TPSA) is 84.1 Å². The predicted molar refractivity (Wildman–Crippen MR) is 56.9 cm³/mol. The van der Waals surface area contributed by atoms with Crippen LogP contribution in [-0.4, -0.2) is 23.2 Å². The summed E-state index contributed by atoms with van der Waals surface area (Å²) in [5.74, 6) is 0.407. The molecule has 0 unspecified atom stereocenters. The molecule has 0 saturated heterocycles. The lowest BCUT2D eigenvalue weighted by molar-refractivity contribution is 0.801. The van der Waals surface area contributed by atoms with Gasteiger partial charge in [-0.2, -0.15) is 4.98 Å². The Hall–Kier alpha value is -1.65. The van der Waals surface area contributed by atoms with E-state index in [0.29, 0.717) is 5.56 Å². The number of nitrogens with one attached hydrogen (secondary N) is 1. The first-order valence-electron chi connectivity index (χ1n) is 4.38. The maximum absolute atomic E-state index is 11.1. The summed E-state index contributed by atoms with van der Waals surface area (Å²) in [7, 11) is 1.65. The van der Waals surface area contributed by atoms with Crippen molar-refractivity contribution in [2.75, 3.05) is 12.8 Å². The van der Waals surface area contributed by atoms with E-state index in [-0.39, 0.29) is 11.7 Å². The second-order valence-electron chi connectivity index (χ2n) is 3.30. The highest BCUT2D eigenvalue weighted by Gasteiger charge is 2.10. The van der Waals surface area contributed by atoms with Gasteiger partial charge < -0.3 is 10.7 Å². The highest BCUT2D eigenvalue weighted by atomic mass is 16.1. The number of nitrogens with two attached hydrogens (primary N) is 1. The molecule has 0 saturated carbocycles. The van der Waals surface area contributed by atoms with Gasteiger partial charge in [0, 0.05) is 19.0 Å². The molecule has 0 aliphatic heterocycles. The number of aromatic nitrogens is 2. The molecule has 0 amide bonds. The summed E-state index contributed by atoms with van der Waals surface area (Å²) in [6, 6.07) is 0. The standard InChI is InChI=1S/C9H14N4O/c1-5(2)7-6(4-11-3)8(10)13-9(14)12-7/h4-5H,1-3H3,(H3,10,12,13,14). The summed E-state index contributed by atoms with van der Waals surface area (Å²) >= 11 is 0. The lowest BCUT2D eigenvalue weighted by Crippen LogP contribution is -2.19. The van der Waals surface area contributed by atoms with Gasteiger partial charge in [0.2, 0.25) is 0 Å². The van der Waals surface area contributed by atoms with Crippen LogP contribution in [0.25, 0.3) is 0 Å². The van der Waals surface area contributed by atoms with E-state index in [0.717, 1.165) is 5.69 Å². The van der Waals surface area contributed by atoms with Gasteiger partial charge >= 0.3 is 5.69 Å². The molecule has 1 heterocycles. The fraction of sp³-hybridized carbons (Fsp3) is 0.444. The maximum Gasteiger partial charge on any atom is 0.347 e. The Labute approximate surface area is 82.1 Å². The second-order valence-corrected chi connectivity index (χ2v) is 3.30. The summed E-state index contributed by atoms with van der Waals surface area (Å²) in [6.07, 6.45) is 1.60. The van der Waals surface area contributed by atoms with Gasteiger partial charge in [-0.05, 0) is 5.92 Å². The Morgan fingerprint density at radius 2 is 2.21 bits per heavy atom. The number of nitrogen functional groups attached to an aromatic ring is 1. The molecular weight excluding hydrogens is 180 g/mol. The summed E-state index contributed by atoms with van der Waals surface area (Å²) in [5, 5.41) is 0. The van der Waals surface area contributed by atoms with Gasteiger partial charge in [0.25, 0.3) is 0 Å². The normalized spacial score (nSPS) is 11.4. The fourth-order valence-electron chi connectivity index (χ4n) is 1.24. The third-order valence-electron chi connectivity index (χ3n) is 1.87. The van der Waals surface area contributed by atoms with E-state index in [1.165, 1.54) is 0 Å². The van der Waals surface area contributed by atoms with Crippen LogP contribution in [0.5, 0.6) is 0 Å². The molecule has 5 heteroatoms. The third-order valence-corrected chi connectivity index (χ3v) is 1.87. The molecule has 5 nitrogen and oxygen atoms in total. The number of H-pyrrole nitrogens is 1. The Bertz CT molecular complexity index is 406. The minimum atomic E-state index is -0.417. The van der Waals surface area contributed by atoms with Crippen LogP contribution in [0.3, 0.4) is 0 Å². The zero-order valence-electron chi connectivity index (χ0n) is 8.53. The smallest absolute Gasteiger partial charge is 0.347 e. The van der Waals surface area contributed by atoms with E-state index in [2.05, 4.69) is 15.0 Å². The van der Waals surface area contributed by atoms with Gasteiger partial charge in [-0.15, -0.1) is 0 Å². The number of anilines is 1. The Morgan fingerprint density at radius 3 is 2.71 bits per heavy atom. The van der Waals surface area contributed by atoms with Crippen LogP contribution in [0.2, 0.25) is 0 Å². The van der Waals surface area contributed by atoms with Crippen LogP contribution in [0, 0.1) is 0 Å². The molecule has 1 aromatic heterocycles. The highest BCUT2D eigenvalue weighted by molar-refractivity contribution is 5.86. The van der Waals surface area contributed by atoms with Crippen molar-refractivity contribution >= 4 is 12.0 Å². The lowest BCUT2D eigenvalue weighted by Gasteiger charge is -2.09. The molecule has 1 aromatic rings. The fourth-order valence-corrected chi connectivity index (χ4v) is 1.24. The number of hydrogen-bond acceptors (Lipinski definition) is 4. The minimum Gasteiger partial charge on any atom is -0.383 e. The summed E-state index contributed by atoms with van der Waals surface area (Å²) in [5.41, 5.74) is 6.67. The number of hydrogen-bond donors (Lipinski definition) is 2. The molecule has 0 bridgehead atoms. The molecule has 1 rings (SSSR count). The zero-order chi connectivity index (χ0) is 10.7. The molecule has 3 N–H and O–H groups in total. The van der Waals surface area contributed by atoms with E-state index in [1.54, 1.807) is 13.3 Å². The summed E-state index contributed by atoms with van der Waals surface area (Å²) < 4.78 is 0. The van der Waals surface area contributed by atoms with Crippen LogP contribution in [0.4, 0.5) is 5.82 Å². The van der Waals surface area contributed by atoms with Crippen LogP contribution < -0.4 is 11.4 Å². The van der Waals surface area contributed by atoms with Crippen LogP contribution in [0.15, 0.2) is 9.79 Å².